The maximum absolute atomic E-state index is 11.9. The van der Waals surface area contributed by atoms with Crippen LogP contribution in [0.25, 0.3) is 0 Å². The van der Waals surface area contributed by atoms with Gasteiger partial charge in [-0.15, -0.1) is 0 Å². The molecule has 0 radical (unpaired) electrons. The molecular formula is C26H50O7. The Hall–Kier alpha value is -0.990. The Bertz CT molecular complexity index is 535. The number of esters is 1. The van der Waals surface area contributed by atoms with Crippen molar-refractivity contribution in [3.63, 3.8) is 0 Å². The highest BCUT2D eigenvalue weighted by atomic mass is 16.5. The average molecular weight is 475 g/mol. The lowest BCUT2D eigenvalue weighted by Crippen LogP contribution is -2.47. The molecule has 6 atom stereocenters. The summed E-state index contributed by atoms with van der Waals surface area (Å²) >= 11 is 0. The molecule has 196 valence electrons. The molecule has 0 fully saturated rings. The molecule has 0 saturated carbocycles. The highest BCUT2D eigenvalue weighted by Gasteiger charge is 2.30. The van der Waals surface area contributed by atoms with E-state index in [2.05, 4.69) is 27.7 Å². The molecule has 0 rings (SSSR count). The van der Waals surface area contributed by atoms with Crippen molar-refractivity contribution in [2.24, 2.45) is 17.8 Å². The number of hydrogen-bond donors (Lipinski definition) is 5. The number of carbonyl (C=O) groups is 1. The number of allylic oxidation sites excluding steroid dienone is 1. The number of carbonyl (C=O) groups excluding carboxylic acids is 1. The van der Waals surface area contributed by atoms with E-state index in [1.165, 1.54) is 44.6 Å². The minimum absolute atomic E-state index is 0.522. The molecule has 0 aliphatic carbocycles. The fraction of sp³-hybridized carbons (Fsp3) is 0.885. The summed E-state index contributed by atoms with van der Waals surface area (Å²) in [4.78, 5) is 11.9. The van der Waals surface area contributed by atoms with Crippen LogP contribution < -0.4 is 0 Å². The van der Waals surface area contributed by atoms with Crippen molar-refractivity contribution < 1.29 is 35.1 Å². The van der Waals surface area contributed by atoms with Crippen LogP contribution in [-0.2, 0) is 9.53 Å². The smallest absolute Gasteiger partial charge is 0.330 e. The molecule has 0 bridgehead atoms. The summed E-state index contributed by atoms with van der Waals surface area (Å²) in [6.45, 7) is 9.78. The first-order valence-corrected chi connectivity index (χ1v) is 12.6. The molecule has 7 nitrogen and oxygen atoms in total. The second kappa shape index (κ2) is 18.4. The maximum Gasteiger partial charge on any atom is 0.330 e. The van der Waals surface area contributed by atoms with E-state index in [0.717, 1.165) is 36.7 Å². The first-order valence-electron chi connectivity index (χ1n) is 12.6. The van der Waals surface area contributed by atoms with Gasteiger partial charge in [-0.1, -0.05) is 78.2 Å². The quantitative estimate of drug-likeness (QED) is 0.143. The van der Waals surface area contributed by atoms with E-state index in [9.17, 15) is 25.2 Å². The predicted octanol–water partition coefficient (Wildman–Crippen LogP) is 3.35. The van der Waals surface area contributed by atoms with Crippen LogP contribution in [0.2, 0.25) is 0 Å². The third kappa shape index (κ3) is 16.3. The number of rotatable bonds is 19. The summed E-state index contributed by atoms with van der Waals surface area (Å²) < 4.78 is 4.92. The molecule has 33 heavy (non-hydrogen) atoms. The summed E-state index contributed by atoms with van der Waals surface area (Å²) in [5, 5.41) is 47.1. The molecule has 0 aromatic heterocycles. The van der Waals surface area contributed by atoms with Crippen LogP contribution in [0.4, 0.5) is 0 Å². The van der Waals surface area contributed by atoms with Crippen LogP contribution in [0.3, 0.4) is 0 Å². The van der Waals surface area contributed by atoms with Gasteiger partial charge in [-0.2, -0.15) is 0 Å². The second-order valence-electron chi connectivity index (χ2n) is 10.3. The Balaban J connectivity index is 4.05. The summed E-state index contributed by atoms with van der Waals surface area (Å²) in [6, 6.07) is 0. The zero-order valence-electron chi connectivity index (χ0n) is 21.4. The lowest BCUT2D eigenvalue weighted by molar-refractivity contribution is -0.151. The topological polar surface area (TPSA) is 127 Å². The Morgan fingerprint density at radius 1 is 0.788 bits per heavy atom. The van der Waals surface area contributed by atoms with Crippen molar-refractivity contribution in [2.75, 3.05) is 13.2 Å². The summed E-state index contributed by atoms with van der Waals surface area (Å²) in [7, 11) is 0. The number of hydrogen-bond acceptors (Lipinski definition) is 7. The van der Waals surface area contributed by atoms with E-state index in [0.29, 0.717) is 5.92 Å². The van der Waals surface area contributed by atoms with E-state index in [-0.39, 0.29) is 0 Å². The molecule has 0 saturated heterocycles. The Morgan fingerprint density at radius 2 is 1.27 bits per heavy atom. The molecule has 0 aromatic carbocycles. The zero-order chi connectivity index (χ0) is 25.4. The van der Waals surface area contributed by atoms with Crippen LogP contribution in [0.5, 0.6) is 0 Å². The van der Waals surface area contributed by atoms with Crippen molar-refractivity contribution in [1.82, 2.24) is 0 Å². The predicted molar refractivity (Wildman–Crippen MR) is 131 cm³/mol. The minimum atomic E-state index is -1.74. The first kappa shape index (κ1) is 32.0. The standard InChI is InChI=1S/C26H50O7/c1-18(2)9-6-10-19(3)11-7-12-20(4)13-8-14-21(5)15-24(30)33-17-23(29)26(32)25(31)22(28)16-27/h15,18-20,22-23,25-29,31-32H,6-14,16-17H2,1-5H3/b21-15+/t19?,20?,22-,23+,25-,26-/m0/s1. The summed E-state index contributed by atoms with van der Waals surface area (Å²) in [5.41, 5.74) is 0.886. The van der Waals surface area contributed by atoms with E-state index in [1.54, 1.807) is 0 Å². The fourth-order valence-corrected chi connectivity index (χ4v) is 3.85. The zero-order valence-corrected chi connectivity index (χ0v) is 21.4. The van der Waals surface area contributed by atoms with Crippen LogP contribution >= 0.6 is 0 Å². The molecule has 7 heteroatoms. The van der Waals surface area contributed by atoms with E-state index in [4.69, 9.17) is 9.84 Å². The molecule has 0 aromatic rings. The first-order chi connectivity index (χ1) is 15.5. The van der Waals surface area contributed by atoms with Gasteiger partial charge in [0.25, 0.3) is 0 Å². The summed E-state index contributed by atoms with van der Waals surface area (Å²) in [6.07, 6.45) is 5.40. The minimum Gasteiger partial charge on any atom is -0.460 e. The number of aliphatic hydroxyl groups is 5. The Labute approximate surface area is 200 Å². The third-order valence-corrected chi connectivity index (χ3v) is 6.23. The van der Waals surface area contributed by atoms with Gasteiger partial charge in [-0.05, 0) is 37.5 Å². The van der Waals surface area contributed by atoms with Gasteiger partial charge in [0, 0.05) is 6.08 Å². The Morgan fingerprint density at radius 3 is 1.79 bits per heavy atom. The van der Waals surface area contributed by atoms with Crippen molar-refractivity contribution in [3.8, 4) is 0 Å². The SMILES string of the molecule is C/C(=C\C(=O)OC[C@@H](O)[C@H](O)[C@@H](O)[C@@H](O)CO)CCCC(C)CCCC(C)CCCC(C)C. The van der Waals surface area contributed by atoms with Gasteiger partial charge in [0.2, 0.25) is 0 Å². The van der Waals surface area contributed by atoms with Gasteiger partial charge < -0.3 is 30.3 Å². The van der Waals surface area contributed by atoms with Gasteiger partial charge >= 0.3 is 5.97 Å². The fourth-order valence-electron chi connectivity index (χ4n) is 3.85. The normalized spacial score (nSPS) is 18.0. The highest BCUT2D eigenvalue weighted by molar-refractivity contribution is 5.82. The molecule has 0 aliphatic rings. The van der Waals surface area contributed by atoms with Crippen LogP contribution in [0.1, 0.15) is 92.4 Å². The van der Waals surface area contributed by atoms with Crippen molar-refractivity contribution in [2.45, 2.75) is 117 Å². The molecule has 0 heterocycles. The lowest BCUT2D eigenvalue weighted by Gasteiger charge is -2.25. The van der Waals surface area contributed by atoms with Crippen LogP contribution in [-0.4, -0.2) is 69.1 Å². The van der Waals surface area contributed by atoms with Gasteiger partial charge in [0.05, 0.1) is 6.61 Å². The highest BCUT2D eigenvalue weighted by Crippen LogP contribution is 2.22. The molecule has 0 amide bonds. The molecule has 2 unspecified atom stereocenters. The monoisotopic (exact) mass is 474 g/mol. The van der Waals surface area contributed by atoms with Gasteiger partial charge in [-0.3, -0.25) is 0 Å². The average Bonchev–Trinajstić information content (AvgIpc) is 2.75. The van der Waals surface area contributed by atoms with E-state index in [1.807, 2.05) is 6.92 Å². The van der Waals surface area contributed by atoms with Crippen LogP contribution in [0, 0.1) is 17.8 Å². The largest absolute Gasteiger partial charge is 0.460 e. The maximum atomic E-state index is 11.9. The Kier molecular flexibility index (Phi) is 17.8. The third-order valence-electron chi connectivity index (χ3n) is 6.23. The second-order valence-corrected chi connectivity index (χ2v) is 10.3. The molecular weight excluding hydrogens is 424 g/mol. The van der Waals surface area contributed by atoms with Gasteiger partial charge in [0.15, 0.2) is 0 Å². The van der Waals surface area contributed by atoms with E-state index < -0.39 is 43.6 Å². The summed E-state index contributed by atoms with van der Waals surface area (Å²) in [5.74, 6) is 1.62. The number of aliphatic hydroxyl groups excluding tert-OH is 5. The number of ether oxygens (including phenoxy) is 1. The lowest BCUT2D eigenvalue weighted by atomic mass is 9.91. The van der Waals surface area contributed by atoms with Gasteiger partial charge in [0.1, 0.15) is 31.0 Å². The molecule has 0 spiro atoms. The van der Waals surface area contributed by atoms with Crippen molar-refractivity contribution >= 4 is 5.97 Å². The van der Waals surface area contributed by atoms with Crippen molar-refractivity contribution in [1.29, 1.82) is 0 Å². The van der Waals surface area contributed by atoms with Crippen molar-refractivity contribution in [3.05, 3.63) is 11.6 Å². The molecule has 0 aliphatic heterocycles. The van der Waals surface area contributed by atoms with Crippen LogP contribution in [0.15, 0.2) is 11.6 Å². The van der Waals surface area contributed by atoms with Gasteiger partial charge in [-0.25, -0.2) is 4.79 Å². The van der Waals surface area contributed by atoms with E-state index >= 15 is 0 Å². The molecule has 5 N–H and O–H groups in total.